The highest BCUT2D eigenvalue weighted by molar-refractivity contribution is 6.34. The van der Waals surface area contributed by atoms with Crippen molar-refractivity contribution in [3.63, 3.8) is 0 Å². The van der Waals surface area contributed by atoms with E-state index in [1.165, 1.54) is 12.1 Å². The number of alkyl halides is 3. The Morgan fingerprint density at radius 1 is 1.35 bits per heavy atom. The minimum absolute atomic E-state index is 0.0639. The van der Waals surface area contributed by atoms with E-state index in [4.69, 9.17) is 21.8 Å². The van der Waals surface area contributed by atoms with Crippen LogP contribution < -0.4 is 5.32 Å². The van der Waals surface area contributed by atoms with Crippen molar-refractivity contribution < 1.29 is 23.4 Å². The first-order valence-corrected chi connectivity index (χ1v) is 5.12. The summed E-state index contributed by atoms with van der Waals surface area (Å²) in [6.07, 6.45) is -5.58. The zero-order valence-electron chi connectivity index (χ0n) is 8.63. The lowest BCUT2D eigenvalue weighted by Crippen LogP contribution is -2.23. The third kappa shape index (κ3) is 3.76. The van der Waals surface area contributed by atoms with E-state index in [2.05, 4.69) is 5.32 Å². The quantitative estimate of drug-likeness (QED) is 0.785. The van der Waals surface area contributed by atoms with Crippen molar-refractivity contribution in [3.05, 3.63) is 28.8 Å². The molecule has 3 nitrogen and oxygen atoms in total. The van der Waals surface area contributed by atoms with Crippen LogP contribution in [0.4, 0.5) is 18.9 Å². The number of rotatable bonds is 4. The van der Waals surface area contributed by atoms with Gasteiger partial charge in [-0.05, 0) is 12.1 Å². The minimum atomic E-state index is -4.52. The molecule has 0 fully saturated rings. The van der Waals surface area contributed by atoms with Gasteiger partial charge in [-0.25, -0.2) is 0 Å². The van der Waals surface area contributed by atoms with Crippen LogP contribution in [0.3, 0.4) is 0 Å². The molecular weight excluding hydrogens is 259 g/mol. The Bertz CT molecular complexity index is 384. The van der Waals surface area contributed by atoms with Crippen molar-refractivity contribution in [1.82, 2.24) is 0 Å². The lowest BCUT2D eigenvalue weighted by molar-refractivity contribution is -0.137. The molecule has 1 aromatic carbocycles. The number of benzene rings is 1. The molecule has 0 saturated carbocycles. The first kappa shape index (κ1) is 14.1. The summed E-state index contributed by atoms with van der Waals surface area (Å²) >= 11 is 5.59. The second kappa shape index (κ2) is 5.57. The molecule has 7 heteroatoms. The summed E-state index contributed by atoms with van der Waals surface area (Å²) in [4.78, 5) is 0. The molecule has 96 valence electrons. The third-order valence-corrected chi connectivity index (χ3v) is 2.45. The van der Waals surface area contributed by atoms with Gasteiger partial charge in [0.05, 0.1) is 29.0 Å². The number of hydrogen-bond acceptors (Lipinski definition) is 3. The Labute approximate surface area is 101 Å². The summed E-state index contributed by atoms with van der Waals surface area (Å²) in [5.41, 5.74) is -0.878. The highest BCUT2D eigenvalue weighted by Gasteiger charge is 2.33. The fraction of sp³-hybridized carbons (Fsp3) is 0.400. The van der Waals surface area contributed by atoms with Crippen LogP contribution in [-0.2, 0) is 6.18 Å². The van der Waals surface area contributed by atoms with Gasteiger partial charge < -0.3 is 15.5 Å². The van der Waals surface area contributed by atoms with E-state index in [9.17, 15) is 13.2 Å². The monoisotopic (exact) mass is 269 g/mol. The van der Waals surface area contributed by atoms with Gasteiger partial charge in [0.2, 0.25) is 0 Å². The van der Waals surface area contributed by atoms with Crippen molar-refractivity contribution in [3.8, 4) is 0 Å². The molecule has 0 heterocycles. The van der Waals surface area contributed by atoms with E-state index in [1.807, 2.05) is 0 Å². The Morgan fingerprint density at radius 3 is 2.53 bits per heavy atom. The highest BCUT2D eigenvalue weighted by atomic mass is 35.5. The molecule has 0 aromatic heterocycles. The second-order valence-electron chi connectivity index (χ2n) is 3.38. The Morgan fingerprint density at radius 2 is 2.00 bits per heavy atom. The second-order valence-corrected chi connectivity index (χ2v) is 3.76. The Balaban J connectivity index is 2.88. The Hall–Kier alpha value is -0.980. The molecular formula is C10H11ClF3NO2. The van der Waals surface area contributed by atoms with Crippen LogP contribution in [0.5, 0.6) is 0 Å². The first-order valence-electron chi connectivity index (χ1n) is 4.74. The topological polar surface area (TPSA) is 52.5 Å². The van der Waals surface area contributed by atoms with Gasteiger partial charge in [0, 0.05) is 6.54 Å². The maximum absolute atomic E-state index is 12.5. The number of anilines is 1. The predicted octanol–water partition coefficient (Wildman–Crippen LogP) is 2.12. The van der Waals surface area contributed by atoms with Gasteiger partial charge in [-0.3, -0.25) is 0 Å². The summed E-state index contributed by atoms with van der Waals surface area (Å²) in [6.45, 7) is -0.568. The highest BCUT2D eigenvalue weighted by Crippen LogP contribution is 2.38. The van der Waals surface area contributed by atoms with Gasteiger partial charge in [0.1, 0.15) is 0 Å². The molecule has 1 aromatic rings. The molecule has 0 aliphatic heterocycles. The maximum Gasteiger partial charge on any atom is 0.417 e. The van der Waals surface area contributed by atoms with Crippen molar-refractivity contribution in [1.29, 1.82) is 0 Å². The molecule has 3 N–H and O–H groups in total. The van der Waals surface area contributed by atoms with E-state index in [1.54, 1.807) is 0 Å². The summed E-state index contributed by atoms with van der Waals surface area (Å²) in [5.74, 6) is 0. The minimum Gasteiger partial charge on any atom is -0.394 e. The van der Waals surface area contributed by atoms with Crippen LogP contribution in [0.15, 0.2) is 18.2 Å². The van der Waals surface area contributed by atoms with E-state index < -0.39 is 29.5 Å². The first-order chi connectivity index (χ1) is 7.86. The standard InChI is InChI=1S/C10H11ClF3NO2/c11-9-7(10(12,13)14)2-1-3-8(9)15-4-6(17)5-16/h1-3,6,15-17H,4-5H2. The lowest BCUT2D eigenvalue weighted by Gasteiger charge is -2.15. The van der Waals surface area contributed by atoms with Crippen LogP contribution in [0.1, 0.15) is 5.56 Å². The molecule has 1 unspecified atom stereocenters. The number of hydrogen-bond donors (Lipinski definition) is 3. The fourth-order valence-corrected chi connectivity index (χ4v) is 1.48. The maximum atomic E-state index is 12.5. The molecule has 0 spiro atoms. The zero-order valence-corrected chi connectivity index (χ0v) is 9.39. The predicted molar refractivity (Wildman–Crippen MR) is 58.0 cm³/mol. The molecule has 0 aliphatic rings. The van der Waals surface area contributed by atoms with Gasteiger partial charge in [0.25, 0.3) is 0 Å². The Kier molecular flexibility index (Phi) is 4.62. The molecule has 0 radical (unpaired) electrons. The molecule has 0 amide bonds. The van der Waals surface area contributed by atoms with E-state index in [0.717, 1.165) is 6.07 Å². The van der Waals surface area contributed by atoms with E-state index in [0.29, 0.717) is 0 Å². The SMILES string of the molecule is OCC(O)CNc1cccc(C(F)(F)F)c1Cl. The molecule has 17 heavy (non-hydrogen) atoms. The fourth-order valence-electron chi connectivity index (χ4n) is 1.18. The van der Waals surface area contributed by atoms with Gasteiger partial charge >= 0.3 is 6.18 Å². The van der Waals surface area contributed by atoms with Crippen molar-refractivity contribution in [2.45, 2.75) is 12.3 Å². The van der Waals surface area contributed by atoms with Gasteiger partial charge in [0.15, 0.2) is 0 Å². The van der Waals surface area contributed by atoms with Gasteiger partial charge in [-0.1, -0.05) is 17.7 Å². The van der Waals surface area contributed by atoms with Crippen LogP contribution in [0, 0.1) is 0 Å². The van der Waals surface area contributed by atoms with Crippen LogP contribution >= 0.6 is 11.6 Å². The normalized spacial score (nSPS) is 13.5. The number of halogens is 4. The van der Waals surface area contributed by atoms with Crippen molar-refractivity contribution in [2.75, 3.05) is 18.5 Å². The largest absolute Gasteiger partial charge is 0.417 e. The van der Waals surface area contributed by atoms with Crippen molar-refractivity contribution >= 4 is 17.3 Å². The van der Waals surface area contributed by atoms with Gasteiger partial charge in [-0.15, -0.1) is 0 Å². The zero-order chi connectivity index (χ0) is 13.1. The lowest BCUT2D eigenvalue weighted by atomic mass is 10.2. The number of aliphatic hydroxyl groups is 2. The van der Waals surface area contributed by atoms with Crippen LogP contribution in [-0.4, -0.2) is 29.5 Å². The summed E-state index contributed by atoms with van der Waals surface area (Å²) < 4.78 is 37.5. The molecule has 0 bridgehead atoms. The van der Waals surface area contributed by atoms with Crippen LogP contribution in [0.25, 0.3) is 0 Å². The van der Waals surface area contributed by atoms with E-state index in [-0.39, 0.29) is 12.2 Å². The average molecular weight is 270 g/mol. The van der Waals surface area contributed by atoms with E-state index >= 15 is 0 Å². The third-order valence-electron chi connectivity index (χ3n) is 2.04. The molecule has 1 atom stereocenters. The van der Waals surface area contributed by atoms with Gasteiger partial charge in [-0.2, -0.15) is 13.2 Å². The summed E-state index contributed by atoms with van der Waals surface area (Å²) in [7, 11) is 0. The number of nitrogens with one attached hydrogen (secondary N) is 1. The summed E-state index contributed by atoms with van der Waals surface area (Å²) in [6, 6.07) is 3.44. The van der Waals surface area contributed by atoms with Crippen molar-refractivity contribution in [2.24, 2.45) is 0 Å². The molecule has 1 rings (SSSR count). The number of aliphatic hydroxyl groups excluding tert-OH is 2. The average Bonchev–Trinajstić information content (AvgIpc) is 2.25. The molecule has 0 saturated heterocycles. The smallest absolute Gasteiger partial charge is 0.394 e. The van der Waals surface area contributed by atoms with Crippen LogP contribution in [0.2, 0.25) is 5.02 Å². The summed E-state index contributed by atoms with van der Waals surface area (Å²) in [5, 5.41) is 19.7. The molecule has 0 aliphatic carbocycles.